The zero-order valence-electron chi connectivity index (χ0n) is 11.4. The quantitative estimate of drug-likeness (QED) is 0.884. The molecule has 2 aromatic rings. The van der Waals surface area contributed by atoms with Crippen molar-refractivity contribution in [3.63, 3.8) is 0 Å². The smallest absolute Gasteiger partial charge is 0.256 e. The predicted octanol–water partition coefficient (Wildman–Crippen LogP) is 2.29. The van der Waals surface area contributed by atoms with Gasteiger partial charge in [-0.1, -0.05) is 6.92 Å². The third kappa shape index (κ3) is 2.93. The fourth-order valence-corrected chi connectivity index (χ4v) is 1.78. The lowest BCUT2D eigenvalue weighted by atomic mass is 10.2. The number of carbonyl (C=O) groups is 1. The summed E-state index contributed by atoms with van der Waals surface area (Å²) >= 11 is 0. The Morgan fingerprint density at radius 2 is 2.00 bits per heavy atom. The molecule has 0 bridgehead atoms. The van der Waals surface area contributed by atoms with Crippen LogP contribution in [0, 0.1) is 0 Å². The van der Waals surface area contributed by atoms with Gasteiger partial charge >= 0.3 is 0 Å². The van der Waals surface area contributed by atoms with Crippen LogP contribution in [-0.2, 0) is 6.42 Å². The first kappa shape index (κ1) is 13.1. The minimum Gasteiger partial charge on any atom is -0.378 e. The van der Waals surface area contributed by atoms with Crippen molar-refractivity contribution in [3.8, 4) is 0 Å². The van der Waals surface area contributed by atoms with Gasteiger partial charge in [0.05, 0.1) is 6.20 Å². The maximum absolute atomic E-state index is 12.1. The maximum Gasteiger partial charge on any atom is 0.256 e. The van der Waals surface area contributed by atoms with Crippen LogP contribution in [0.1, 0.15) is 22.8 Å². The minimum atomic E-state index is -0.135. The molecular weight excluding hydrogens is 240 g/mol. The summed E-state index contributed by atoms with van der Waals surface area (Å²) in [5.41, 5.74) is 2.69. The van der Waals surface area contributed by atoms with Crippen LogP contribution < -0.4 is 10.2 Å². The van der Waals surface area contributed by atoms with Crippen LogP contribution in [0.3, 0.4) is 0 Å². The Morgan fingerprint density at radius 1 is 1.32 bits per heavy atom. The number of aromatic amines is 1. The number of hydrogen-bond acceptors (Lipinski definition) is 3. The monoisotopic (exact) mass is 258 g/mol. The second kappa shape index (κ2) is 5.56. The number of benzene rings is 1. The van der Waals surface area contributed by atoms with Crippen LogP contribution in [-0.4, -0.2) is 30.2 Å². The lowest BCUT2D eigenvalue weighted by Crippen LogP contribution is -2.14. The number of carbonyl (C=O) groups excluding carboxylic acids is 1. The first-order valence-electron chi connectivity index (χ1n) is 6.22. The summed E-state index contributed by atoms with van der Waals surface area (Å²) in [5.74, 6) is 0.536. The molecule has 0 unspecified atom stereocenters. The van der Waals surface area contributed by atoms with Crippen molar-refractivity contribution in [1.29, 1.82) is 0 Å². The van der Waals surface area contributed by atoms with E-state index in [1.165, 1.54) is 0 Å². The highest BCUT2D eigenvalue weighted by Gasteiger charge is 2.10. The standard InChI is InChI=1S/C14H18N4O/c1-4-10-9-15-17-13(10)16-14(19)11-5-7-12(8-6-11)18(2)3/h5-9H,4H2,1-3H3,(H2,15,16,17,19). The summed E-state index contributed by atoms with van der Waals surface area (Å²) in [6.45, 7) is 2.02. The van der Waals surface area contributed by atoms with Crippen LogP contribution in [0.5, 0.6) is 0 Å². The lowest BCUT2D eigenvalue weighted by molar-refractivity contribution is 0.102. The lowest BCUT2D eigenvalue weighted by Gasteiger charge is -2.12. The number of amides is 1. The van der Waals surface area contributed by atoms with Gasteiger partial charge in [0, 0.05) is 30.9 Å². The molecule has 100 valence electrons. The number of nitrogens with one attached hydrogen (secondary N) is 2. The molecule has 2 N–H and O–H groups in total. The van der Waals surface area contributed by atoms with Gasteiger partial charge in [-0.15, -0.1) is 0 Å². The molecule has 0 saturated heterocycles. The van der Waals surface area contributed by atoms with Gasteiger partial charge in [-0.25, -0.2) is 0 Å². The van der Waals surface area contributed by atoms with Crippen molar-refractivity contribution in [2.45, 2.75) is 13.3 Å². The highest BCUT2D eigenvalue weighted by Crippen LogP contribution is 2.15. The second-order valence-corrected chi connectivity index (χ2v) is 4.52. The molecule has 0 aliphatic heterocycles. The molecule has 1 aromatic carbocycles. The van der Waals surface area contributed by atoms with E-state index in [4.69, 9.17) is 0 Å². The van der Waals surface area contributed by atoms with Crippen LogP contribution >= 0.6 is 0 Å². The Balaban J connectivity index is 2.12. The van der Waals surface area contributed by atoms with E-state index in [2.05, 4.69) is 15.5 Å². The molecular formula is C14H18N4O. The maximum atomic E-state index is 12.1. The fraction of sp³-hybridized carbons (Fsp3) is 0.286. The molecule has 0 fully saturated rings. The molecule has 5 nitrogen and oxygen atoms in total. The molecule has 0 aliphatic rings. The number of hydrogen-bond donors (Lipinski definition) is 2. The number of rotatable bonds is 4. The van der Waals surface area contributed by atoms with Gasteiger partial charge in [-0.3, -0.25) is 9.89 Å². The third-order valence-electron chi connectivity index (χ3n) is 2.98. The molecule has 2 rings (SSSR count). The molecule has 1 amide bonds. The molecule has 5 heteroatoms. The zero-order chi connectivity index (χ0) is 13.8. The molecule has 0 atom stereocenters. The number of aryl methyl sites for hydroxylation is 1. The Hall–Kier alpha value is -2.30. The topological polar surface area (TPSA) is 61.0 Å². The van der Waals surface area contributed by atoms with Crippen molar-refractivity contribution in [1.82, 2.24) is 10.2 Å². The number of H-pyrrole nitrogens is 1. The third-order valence-corrected chi connectivity index (χ3v) is 2.98. The highest BCUT2D eigenvalue weighted by atomic mass is 16.1. The molecule has 0 saturated carbocycles. The van der Waals surface area contributed by atoms with Gasteiger partial charge in [0.25, 0.3) is 5.91 Å². The highest BCUT2D eigenvalue weighted by molar-refractivity contribution is 6.04. The predicted molar refractivity (Wildman–Crippen MR) is 76.7 cm³/mol. The van der Waals surface area contributed by atoms with Crippen LogP contribution in [0.25, 0.3) is 0 Å². The SMILES string of the molecule is CCc1cn[nH]c1NC(=O)c1ccc(N(C)C)cc1. The van der Waals surface area contributed by atoms with Crippen molar-refractivity contribution in [2.24, 2.45) is 0 Å². The van der Waals surface area contributed by atoms with E-state index < -0.39 is 0 Å². The van der Waals surface area contributed by atoms with Crippen LogP contribution in [0.15, 0.2) is 30.5 Å². The zero-order valence-corrected chi connectivity index (χ0v) is 11.4. The van der Waals surface area contributed by atoms with E-state index in [0.717, 1.165) is 17.7 Å². The molecule has 0 aliphatic carbocycles. The average molecular weight is 258 g/mol. The number of nitrogens with zero attached hydrogens (tertiary/aromatic N) is 2. The summed E-state index contributed by atoms with van der Waals surface area (Å²) in [5, 5.41) is 9.56. The van der Waals surface area contributed by atoms with Gasteiger partial charge in [0.2, 0.25) is 0 Å². The van der Waals surface area contributed by atoms with Gasteiger partial charge in [0.1, 0.15) is 5.82 Å². The van der Waals surface area contributed by atoms with E-state index in [1.807, 2.05) is 50.2 Å². The fourth-order valence-electron chi connectivity index (χ4n) is 1.78. The van der Waals surface area contributed by atoms with Gasteiger partial charge in [0.15, 0.2) is 0 Å². The summed E-state index contributed by atoms with van der Waals surface area (Å²) in [7, 11) is 3.93. The van der Waals surface area contributed by atoms with Crippen molar-refractivity contribution in [3.05, 3.63) is 41.6 Å². The Morgan fingerprint density at radius 3 is 2.58 bits per heavy atom. The van der Waals surface area contributed by atoms with E-state index in [9.17, 15) is 4.79 Å². The molecule has 0 spiro atoms. The Bertz CT molecular complexity index is 557. The van der Waals surface area contributed by atoms with Crippen LogP contribution in [0.2, 0.25) is 0 Å². The van der Waals surface area contributed by atoms with E-state index in [-0.39, 0.29) is 5.91 Å². The molecule has 19 heavy (non-hydrogen) atoms. The van der Waals surface area contributed by atoms with E-state index in [0.29, 0.717) is 11.4 Å². The minimum absolute atomic E-state index is 0.135. The first-order valence-corrected chi connectivity index (χ1v) is 6.22. The Labute approximate surface area is 112 Å². The Kier molecular flexibility index (Phi) is 3.85. The van der Waals surface area contributed by atoms with Gasteiger partial charge in [-0.05, 0) is 30.7 Å². The number of aromatic nitrogens is 2. The molecule has 1 aromatic heterocycles. The van der Waals surface area contributed by atoms with Crippen LogP contribution in [0.4, 0.5) is 11.5 Å². The molecule has 0 radical (unpaired) electrons. The van der Waals surface area contributed by atoms with Crippen molar-refractivity contribution >= 4 is 17.4 Å². The van der Waals surface area contributed by atoms with E-state index in [1.54, 1.807) is 6.20 Å². The van der Waals surface area contributed by atoms with E-state index >= 15 is 0 Å². The van der Waals surface area contributed by atoms with Crippen molar-refractivity contribution < 1.29 is 4.79 Å². The first-order chi connectivity index (χ1) is 9.11. The largest absolute Gasteiger partial charge is 0.378 e. The van der Waals surface area contributed by atoms with Crippen molar-refractivity contribution in [2.75, 3.05) is 24.3 Å². The normalized spacial score (nSPS) is 10.3. The number of anilines is 2. The average Bonchev–Trinajstić information content (AvgIpc) is 2.86. The van der Waals surface area contributed by atoms with Gasteiger partial charge < -0.3 is 10.2 Å². The van der Waals surface area contributed by atoms with Gasteiger partial charge in [-0.2, -0.15) is 5.10 Å². The second-order valence-electron chi connectivity index (χ2n) is 4.52. The summed E-state index contributed by atoms with van der Waals surface area (Å²) in [6.07, 6.45) is 2.55. The summed E-state index contributed by atoms with van der Waals surface area (Å²) < 4.78 is 0. The molecule has 1 heterocycles. The summed E-state index contributed by atoms with van der Waals surface area (Å²) in [4.78, 5) is 14.1. The summed E-state index contributed by atoms with van der Waals surface area (Å²) in [6, 6.07) is 7.46.